The summed E-state index contributed by atoms with van der Waals surface area (Å²) < 4.78 is 49.9. The van der Waals surface area contributed by atoms with Gasteiger partial charge in [0.2, 0.25) is 11.6 Å². The van der Waals surface area contributed by atoms with Crippen LogP contribution in [0.25, 0.3) is 11.7 Å². The van der Waals surface area contributed by atoms with Crippen molar-refractivity contribution in [3.63, 3.8) is 0 Å². The van der Waals surface area contributed by atoms with Gasteiger partial charge in [-0.15, -0.1) is 0 Å². The summed E-state index contributed by atoms with van der Waals surface area (Å²) in [5.41, 5.74) is -0.378. The Morgan fingerprint density at radius 3 is 2.62 bits per heavy atom. The molecule has 9 heteroatoms. The number of alkyl halides is 3. The van der Waals surface area contributed by atoms with Crippen LogP contribution in [0.5, 0.6) is 0 Å². The van der Waals surface area contributed by atoms with Crippen LogP contribution in [0.2, 0.25) is 0 Å². The van der Waals surface area contributed by atoms with Gasteiger partial charge in [0, 0.05) is 0 Å². The number of benzene rings is 1. The number of hydrogen-bond acceptors (Lipinski definition) is 5. The number of rotatable bonds is 4. The molecule has 1 atom stereocenters. The van der Waals surface area contributed by atoms with Crippen LogP contribution < -0.4 is 5.32 Å². The maximum atomic E-state index is 12.9. The van der Waals surface area contributed by atoms with Gasteiger partial charge in [0.1, 0.15) is 6.07 Å². The van der Waals surface area contributed by atoms with Crippen molar-refractivity contribution in [2.45, 2.75) is 19.1 Å². The molecular formula is C17H11BrF3N3O2. The summed E-state index contributed by atoms with van der Waals surface area (Å²) in [6.45, 7) is 1.66. The molecule has 0 saturated carbocycles. The smallest absolute Gasteiger partial charge is 0.416 e. The molecule has 26 heavy (non-hydrogen) atoms. The SMILES string of the molecule is C[C@H](Nc1oc(-c2ccc(Br)o2)nc1C#N)c1cccc(C(F)(F)F)c1. The van der Waals surface area contributed by atoms with Crippen LogP contribution in [0.15, 0.2) is 49.9 Å². The summed E-state index contributed by atoms with van der Waals surface area (Å²) in [4.78, 5) is 4.03. The molecule has 0 amide bonds. The fourth-order valence-corrected chi connectivity index (χ4v) is 2.60. The molecular weight excluding hydrogens is 415 g/mol. The molecule has 0 saturated heterocycles. The number of aromatic nitrogens is 1. The molecule has 2 aromatic heterocycles. The van der Waals surface area contributed by atoms with E-state index < -0.39 is 17.8 Å². The van der Waals surface area contributed by atoms with Crippen molar-refractivity contribution in [2.24, 2.45) is 0 Å². The quantitative estimate of drug-likeness (QED) is 0.574. The van der Waals surface area contributed by atoms with E-state index in [4.69, 9.17) is 8.83 Å². The third kappa shape index (κ3) is 3.75. The summed E-state index contributed by atoms with van der Waals surface area (Å²) >= 11 is 3.16. The Balaban J connectivity index is 1.87. The van der Waals surface area contributed by atoms with Crippen molar-refractivity contribution in [3.8, 4) is 17.7 Å². The molecule has 0 aliphatic carbocycles. The number of nitriles is 1. The molecule has 0 radical (unpaired) electrons. The highest BCUT2D eigenvalue weighted by Crippen LogP contribution is 2.33. The summed E-state index contributed by atoms with van der Waals surface area (Å²) in [6, 6.07) is 9.51. The molecule has 0 spiro atoms. The number of halogens is 4. The van der Waals surface area contributed by atoms with Crippen molar-refractivity contribution in [1.29, 1.82) is 5.26 Å². The van der Waals surface area contributed by atoms with E-state index in [0.717, 1.165) is 12.1 Å². The van der Waals surface area contributed by atoms with E-state index in [2.05, 4.69) is 26.2 Å². The van der Waals surface area contributed by atoms with E-state index in [1.807, 2.05) is 6.07 Å². The lowest BCUT2D eigenvalue weighted by Crippen LogP contribution is -2.10. The normalized spacial score (nSPS) is 12.6. The topological polar surface area (TPSA) is 75.0 Å². The largest absolute Gasteiger partial charge is 0.444 e. The van der Waals surface area contributed by atoms with Gasteiger partial charge < -0.3 is 14.2 Å². The molecule has 0 bridgehead atoms. The Labute approximate surface area is 154 Å². The standard InChI is InChI=1S/C17H11BrF3N3O2/c1-9(10-3-2-4-11(7-10)17(19,20)21)23-15-12(8-22)24-16(26-15)13-5-6-14(18)25-13/h2-7,9,23H,1H3/t9-/m0/s1. The number of nitrogens with zero attached hydrogens (tertiary/aromatic N) is 2. The summed E-state index contributed by atoms with van der Waals surface area (Å²) in [5.74, 6) is 0.457. The van der Waals surface area contributed by atoms with Crippen LogP contribution in [0.1, 0.15) is 29.8 Å². The lowest BCUT2D eigenvalue weighted by Gasteiger charge is -2.15. The maximum absolute atomic E-state index is 12.9. The molecule has 1 aromatic carbocycles. The molecule has 3 aromatic rings. The molecule has 2 heterocycles. The predicted octanol–water partition coefficient (Wildman–Crippen LogP) is 5.76. The molecule has 5 nitrogen and oxygen atoms in total. The molecule has 0 unspecified atom stereocenters. The summed E-state index contributed by atoms with van der Waals surface area (Å²) in [6.07, 6.45) is -4.43. The van der Waals surface area contributed by atoms with Gasteiger partial charge in [-0.2, -0.15) is 23.4 Å². The van der Waals surface area contributed by atoms with Crippen LogP contribution in [-0.4, -0.2) is 4.98 Å². The fraction of sp³-hybridized carbons (Fsp3) is 0.176. The minimum Gasteiger partial charge on any atom is -0.444 e. The van der Waals surface area contributed by atoms with Crippen molar-refractivity contribution in [1.82, 2.24) is 4.98 Å². The zero-order valence-corrected chi connectivity index (χ0v) is 14.9. The summed E-state index contributed by atoms with van der Waals surface area (Å²) in [7, 11) is 0. The number of anilines is 1. The van der Waals surface area contributed by atoms with E-state index in [0.29, 0.717) is 16.0 Å². The first kappa shape index (κ1) is 18.1. The number of nitrogens with one attached hydrogen (secondary N) is 1. The molecule has 0 aliphatic rings. The highest BCUT2D eigenvalue weighted by Gasteiger charge is 2.31. The van der Waals surface area contributed by atoms with Gasteiger partial charge in [-0.1, -0.05) is 12.1 Å². The van der Waals surface area contributed by atoms with Gasteiger partial charge in [-0.25, -0.2) is 0 Å². The Morgan fingerprint density at radius 2 is 2.00 bits per heavy atom. The highest BCUT2D eigenvalue weighted by atomic mass is 79.9. The van der Waals surface area contributed by atoms with E-state index in [9.17, 15) is 18.4 Å². The van der Waals surface area contributed by atoms with Crippen molar-refractivity contribution in [2.75, 3.05) is 5.32 Å². The minimum atomic E-state index is -4.43. The zero-order chi connectivity index (χ0) is 18.9. The number of furan rings is 1. The van der Waals surface area contributed by atoms with E-state index >= 15 is 0 Å². The Bertz CT molecular complexity index is 972. The maximum Gasteiger partial charge on any atom is 0.416 e. The molecule has 0 aliphatic heterocycles. The average molecular weight is 426 g/mol. The summed E-state index contributed by atoms with van der Waals surface area (Å²) in [5, 5.41) is 12.1. The van der Waals surface area contributed by atoms with Gasteiger partial charge >= 0.3 is 6.18 Å². The Morgan fingerprint density at radius 1 is 1.23 bits per heavy atom. The lowest BCUT2D eigenvalue weighted by atomic mass is 10.0. The monoisotopic (exact) mass is 425 g/mol. The van der Waals surface area contributed by atoms with E-state index in [-0.39, 0.29) is 17.5 Å². The Hall–Kier alpha value is -2.73. The van der Waals surface area contributed by atoms with E-state index in [1.165, 1.54) is 6.07 Å². The van der Waals surface area contributed by atoms with Crippen molar-refractivity contribution < 1.29 is 22.0 Å². The van der Waals surface area contributed by atoms with Crippen LogP contribution >= 0.6 is 15.9 Å². The molecule has 3 rings (SSSR count). The first-order chi connectivity index (χ1) is 12.3. The second kappa shape index (κ2) is 6.88. The molecule has 134 valence electrons. The van der Waals surface area contributed by atoms with Crippen molar-refractivity contribution >= 4 is 21.8 Å². The van der Waals surface area contributed by atoms with Gasteiger partial charge in [0.25, 0.3) is 5.89 Å². The highest BCUT2D eigenvalue weighted by molar-refractivity contribution is 9.10. The minimum absolute atomic E-state index is 0.0219. The van der Waals surface area contributed by atoms with E-state index in [1.54, 1.807) is 25.1 Å². The predicted molar refractivity (Wildman–Crippen MR) is 90.1 cm³/mol. The Kier molecular flexibility index (Phi) is 4.78. The molecule has 1 N–H and O–H groups in total. The van der Waals surface area contributed by atoms with Gasteiger partial charge in [0.05, 0.1) is 11.6 Å². The van der Waals surface area contributed by atoms with Crippen LogP contribution in [-0.2, 0) is 6.18 Å². The van der Waals surface area contributed by atoms with Crippen LogP contribution in [0, 0.1) is 11.3 Å². The second-order valence-corrected chi connectivity index (χ2v) is 6.18. The number of oxazole rings is 1. The third-order valence-corrected chi connectivity index (χ3v) is 4.00. The lowest BCUT2D eigenvalue weighted by molar-refractivity contribution is -0.137. The fourth-order valence-electron chi connectivity index (χ4n) is 2.29. The van der Waals surface area contributed by atoms with Gasteiger partial charge in [-0.05, 0) is 52.7 Å². The van der Waals surface area contributed by atoms with Crippen LogP contribution in [0.3, 0.4) is 0 Å². The van der Waals surface area contributed by atoms with Crippen LogP contribution in [0.4, 0.5) is 19.1 Å². The van der Waals surface area contributed by atoms with Gasteiger partial charge in [0.15, 0.2) is 10.4 Å². The average Bonchev–Trinajstić information content (AvgIpc) is 3.20. The number of hydrogen-bond donors (Lipinski definition) is 1. The zero-order valence-electron chi connectivity index (χ0n) is 13.3. The first-order valence-corrected chi connectivity index (χ1v) is 8.17. The second-order valence-electron chi connectivity index (χ2n) is 5.40. The molecule has 0 fully saturated rings. The van der Waals surface area contributed by atoms with Gasteiger partial charge in [-0.3, -0.25) is 0 Å². The first-order valence-electron chi connectivity index (χ1n) is 7.38. The van der Waals surface area contributed by atoms with Crippen molar-refractivity contribution in [3.05, 3.63) is 57.9 Å². The third-order valence-electron chi connectivity index (χ3n) is 3.58.